The van der Waals surface area contributed by atoms with Crippen LogP contribution >= 0.6 is 11.3 Å². The number of urea groups is 1. The van der Waals surface area contributed by atoms with E-state index in [1.165, 1.54) is 30.6 Å². The van der Waals surface area contributed by atoms with Crippen molar-refractivity contribution < 1.29 is 67.0 Å². The molecule has 1 saturated heterocycles. The van der Waals surface area contributed by atoms with Gasteiger partial charge in [0.1, 0.15) is 29.7 Å². The van der Waals surface area contributed by atoms with Crippen LogP contribution in [0, 0.1) is 29.1 Å². The summed E-state index contributed by atoms with van der Waals surface area (Å²) in [6, 6.07) is 11.1. The molecule has 96 heavy (non-hydrogen) atoms. The van der Waals surface area contributed by atoms with Crippen molar-refractivity contribution in [2.75, 3.05) is 52.8 Å². The predicted octanol–water partition coefficient (Wildman–Crippen LogP) is 6.05. The first kappa shape index (κ1) is 78.4. The van der Waals surface area contributed by atoms with Gasteiger partial charge in [-0.15, -0.1) is 11.3 Å². The number of anilines is 1. The van der Waals surface area contributed by atoms with Crippen LogP contribution in [0.15, 0.2) is 78.3 Å². The molecule has 3 aromatic rings. The molecule has 26 nitrogen and oxygen atoms in total. The molecule has 0 radical (unpaired) electrons. The number of nitrogens with two attached hydrogens (primary N) is 1. The van der Waals surface area contributed by atoms with Gasteiger partial charge < -0.3 is 67.0 Å². The van der Waals surface area contributed by atoms with Gasteiger partial charge in [-0.1, -0.05) is 104 Å². The summed E-state index contributed by atoms with van der Waals surface area (Å²) in [7, 11) is 4.73. The highest BCUT2D eigenvalue weighted by Gasteiger charge is 2.44. The molecule has 1 aromatic heterocycles. The fraction of sp³-hybridized carbons (Fsp3) is 0.594. The predicted molar refractivity (Wildman–Crippen MR) is 363 cm³/mol. The van der Waals surface area contributed by atoms with E-state index in [9.17, 15) is 52.7 Å². The van der Waals surface area contributed by atoms with Gasteiger partial charge >= 0.3 is 12.1 Å². The number of benzene rings is 2. The van der Waals surface area contributed by atoms with Gasteiger partial charge in [-0.2, -0.15) is 0 Å². The van der Waals surface area contributed by atoms with E-state index in [4.69, 9.17) is 19.9 Å². The first-order valence-electron chi connectivity index (χ1n) is 33.2. The summed E-state index contributed by atoms with van der Waals surface area (Å²) in [5.74, 6) is -5.15. The minimum atomic E-state index is -1.24. The van der Waals surface area contributed by atoms with Crippen molar-refractivity contribution in [3.8, 4) is 0 Å². The average molecular weight is 1360 g/mol. The van der Waals surface area contributed by atoms with Crippen LogP contribution in [-0.2, 0) is 70.4 Å². The number of unbranched alkanes of at least 4 members (excludes halogenated alkanes) is 2. The summed E-state index contributed by atoms with van der Waals surface area (Å²) >= 11 is 1.47. The summed E-state index contributed by atoms with van der Waals surface area (Å²) in [6.45, 7) is 16.6. The van der Waals surface area contributed by atoms with E-state index >= 15 is 0 Å². The number of nitrogens with zero attached hydrogens (tertiary/aromatic N) is 4. The average Bonchev–Trinajstić information content (AvgIpc) is 1.09. The number of aromatic nitrogens is 1. The highest BCUT2D eigenvalue weighted by atomic mass is 32.1. The lowest BCUT2D eigenvalue weighted by atomic mass is 9.88. The number of ether oxygens (including phenoxy) is 3. The molecular weight excluding hydrogens is 1250 g/mol. The number of carbonyl (C=O) groups is 11. The van der Waals surface area contributed by atoms with E-state index in [1.807, 2.05) is 70.3 Å². The molecule has 2 aromatic carbocycles. The van der Waals surface area contributed by atoms with Crippen LogP contribution in [-0.4, -0.2) is 175 Å². The van der Waals surface area contributed by atoms with Gasteiger partial charge in [-0.05, 0) is 99.8 Å². The lowest BCUT2D eigenvalue weighted by Crippen LogP contribution is -2.59. The number of thiazole rings is 1. The Morgan fingerprint density at radius 1 is 0.781 bits per heavy atom. The minimum absolute atomic E-state index is 0.0629. The van der Waals surface area contributed by atoms with E-state index in [1.54, 1.807) is 82.1 Å². The molecule has 9 N–H and O–H groups in total. The number of likely N-dealkylation sites (tertiary alicyclic amines) is 1. The third kappa shape index (κ3) is 23.5. The second-order valence-electron chi connectivity index (χ2n) is 26.2. The summed E-state index contributed by atoms with van der Waals surface area (Å²) < 4.78 is 17.7. The van der Waals surface area contributed by atoms with Crippen LogP contribution in [0.25, 0.3) is 0 Å². The summed E-state index contributed by atoms with van der Waals surface area (Å²) in [6.07, 6.45) is 6.37. The van der Waals surface area contributed by atoms with Crippen LogP contribution in [0.2, 0.25) is 0 Å². The van der Waals surface area contributed by atoms with Gasteiger partial charge in [-0.3, -0.25) is 48.1 Å². The SMILES string of the molecule is CCC(C)C(C(CC(=O)N1CCCC1C(OC)C(C)C(=O)NC(Cc1ccccc1)c1nccs1)OC)N(C)C(=O)C(NC(=O)C(C)(C)CNC(=O)OCc1ccc(NC(=O)C(CCCNC(N)=O)NC(=O)C(NC(=O)CCCCCN2C(=O)C=CC2=O)C(C)C)cc1)C(C)C. The topological polar surface area (TPSA) is 348 Å². The number of primary amides is 1. The minimum Gasteiger partial charge on any atom is -0.445 e. The molecule has 0 bridgehead atoms. The Morgan fingerprint density at radius 3 is 2.06 bits per heavy atom. The van der Waals surface area contributed by atoms with Crippen molar-refractivity contribution in [2.24, 2.45) is 34.8 Å². The molecule has 12 amide bonds. The van der Waals surface area contributed by atoms with Gasteiger partial charge in [0.05, 0.1) is 48.1 Å². The van der Waals surface area contributed by atoms with Crippen LogP contribution in [0.4, 0.5) is 15.3 Å². The van der Waals surface area contributed by atoms with Gasteiger partial charge in [0.15, 0.2) is 0 Å². The van der Waals surface area contributed by atoms with E-state index in [-0.39, 0.29) is 111 Å². The first-order valence-corrected chi connectivity index (χ1v) is 34.1. The Balaban J connectivity index is 1.13. The molecule has 27 heteroatoms. The zero-order chi connectivity index (χ0) is 70.8. The molecule has 5 rings (SSSR count). The van der Waals surface area contributed by atoms with Gasteiger partial charge in [0.25, 0.3) is 11.8 Å². The van der Waals surface area contributed by atoms with Gasteiger partial charge in [0, 0.05) is 83.3 Å². The molecule has 3 heterocycles. The molecular formula is C69H102N12O14S. The number of hydrogen-bond donors (Lipinski definition) is 8. The van der Waals surface area contributed by atoms with Crippen molar-refractivity contribution in [3.05, 3.63) is 94.5 Å². The van der Waals surface area contributed by atoms with E-state index in [0.29, 0.717) is 62.7 Å². The smallest absolute Gasteiger partial charge is 0.407 e. The van der Waals surface area contributed by atoms with Crippen molar-refractivity contribution >= 4 is 82.3 Å². The highest BCUT2D eigenvalue weighted by molar-refractivity contribution is 7.09. The normalized spacial score (nSPS) is 16.7. The van der Waals surface area contributed by atoms with E-state index < -0.39 is 83.6 Å². The number of carbonyl (C=O) groups excluding carboxylic acids is 11. The monoisotopic (exact) mass is 1350 g/mol. The van der Waals surface area contributed by atoms with Gasteiger partial charge in [-0.25, -0.2) is 14.6 Å². The van der Waals surface area contributed by atoms with E-state index in [0.717, 1.165) is 15.5 Å². The number of alkyl carbamates (subject to hydrolysis) is 1. The summed E-state index contributed by atoms with van der Waals surface area (Å²) in [5, 5.41) is 22.2. The maximum Gasteiger partial charge on any atom is 0.407 e. The van der Waals surface area contributed by atoms with Crippen LogP contribution < -0.4 is 43.0 Å². The number of imide groups is 1. The first-order chi connectivity index (χ1) is 45.6. The zero-order valence-corrected chi connectivity index (χ0v) is 58.6. The molecule has 0 saturated carbocycles. The Kier molecular flexibility index (Phi) is 31.4. The maximum absolute atomic E-state index is 14.7. The lowest BCUT2D eigenvalue weighted by molar-refractivity contribution is -0.148. The number of methoxy groups -OCH3 is 2. The number of nitrogens with one attached hydrogen (secondary N) is 7. The molecule has 528 valence electrons. The highest BCUT2D eigenvalue weighted by Crippen LogP contribution is 2.31. The molecule has 2 aliphatic heterocycles. The molecule has 10 unspecified atom stereocenters. The standard InChI is InChI=1S/C69H102N12O14S/c1-13-44(6)59(52(93-11)39-56(85)80-36-21-25-51(80)60(94-12)45(7)61(86)76-50(64-71-34-37-96-64)38-46-22-16-14-17-23-46)79(10)65(89)58(43(4)5)78-66(90)69(8,9)41-73-68(92)95-40-47-27-29-48(30-28-47)74-62(87)49(24-20-33-72-67(70)91)75-63(88)57(42(2)3)77-53(82)26-18-15-19-35-81-54(83)31-32-55(81)84/h14,16-17,22-23,27-32,34,37,42-45,49-52,57-60H,13,15,18-21,24-26,33,35-36,38-41H2,1-12H3,(H,73,92)(H,74,87)(H,75,88)(H,76,86)(H,77,82)(H,78,90)(H3,70,72,91). The fourth-order valence-corrected chi connectivity index (χ4v) is 12.5. The molecule has 0 aliphatic carbocycles. The lowest BCUT2D eigenvalue weighted by Gasteiger charge is -2.41. The van der Waals surface area contributed by atoms with Crippen LogP contribution in [0.5, 0.6) is 0 Å². The second-order valence-corrected chi connectivity index (χ2v) is 27.1. The number of rotatable bonds is 39. The number of hydrogen-bond acceptors (Lipinski definition) is 16. The van der Waals surface area contributed by atoms with Crippen LogP contribution in [0.3, 0.4) is 0 Å². The summed E-state index contributed by atoms with van der Waals surface area (Å²) in [5.41, 5.74) is 5.95. The third-order valence-corrected chi connectivity index (χ3v) is 18.7. The molecule has 1 fully saturated rings. The zero-order valence-electron chi connectivity index (χ0n) is 57.7. The largest absolute Gasteiger partial charge is 0.445 e. The second kappa shape index (κ2) is 38.4. The molecule has 0 spiro atoms. The maximum atomic E-state index is 14.7. The third-order valence-electron chi connectivity index (χ3n) is 17.8. The van der Waals surface area contributed by atoms with Gasteiger partial charge in [0.2, 0.25) is 41.4 Å². The van der Waals surface area contributed by atoms with Crippen LogP contribution in [0.1, 0.15) is 149 Å². The number of amides is 12. The Bertz CT molecular complexity index is 3090. The fourth-order valence-electron chi connectivity index (χ4n) is 11.8. The Labute approximate surface area is 568 Å². The Hall–Kier alpha value is -8.30. The van der Waals surface area contributed by atoms with E-state index in [2.05, 4.69) is 42.2 Å². The molecule has 10 atom stereocenters. The van der Waals surface area contributed by atoms with Crippen molar-refractivity contribution in [1.82, 2.24) is 51.6 Å². The van der Waals surface area contributed by atoms with Crippen molar-refractivity contribution in [1.29, 1.82) is 0 Å². The summed E-state index contributed by atoms with van der Waals surface area (Å²) in [4.78, 5) is 155. The number of likely N-dealkylation sites (N-methyl/N-ethyl adjacent to an activating group) is 1. The van der Waals surface area contributed by atoms with Crippen molar-refractivity contribution in [3.63, 3.8) is 0 Å². The quantitative estimate of drug-likeness (QED) is 0.0238. The Morgan fingerprint density at radius 2 is 1.46 bits per heavy atom. The van der Waals surface area contributed by atoms with Crippen molar-refractivity contribution in [2.45, 2.75) is 188 Å². The molecule has 2 aliphatic rings.